The number of nitrogens with one attached hydrogen (secondary N) is 1. The third kappa shape index (κ3) is 3.18. The largest absolute Gasteiger partial charge is 0.348 e. The number of hydrogen-bond donors (Lipinski definition) is 1. The second-order valence-electron chi connectivity index (χ2n) is 4.91. The van der Waals surface area contributed by atoms with Gasteiger partial charge in [0.05, 0.1) is 17.3 Å². The molecule has 1 heterocycles. The van der Waals surface area contributed by atoms with Crippen LogP contribution < -0.4 is 0 Å². The normalized spacial score (nSPS) is 10.2. The predicted molar refractivity (Wildman–Crippen MR) is 82.6 cm³/mol. The molecule has 0 saturated heterocycles. The number of aromatic amines is 1. The summed E-state index contributed by atoms with van der Waals surface area (Å²) in [7, 11) is 0. The van der Waals surface area contributed by atoms with Crippen LogP contribution in [-0.4, -0.2) is 9.97 Å². The summed E-state index contributed by atoms with van der Waals surface area (Å²) in [6.07, 6.45) is 3.78. The van der Waals surface area contributed by atoms with E-state index in [9.17, 15) is 0 Å². The van der Waals surface area contributed by atoms with Gasteiger partial charge in [-0.2, -0.15) is 5.26 Å². The summed E-state index contributed by atoms with van der Waals surface area (Å²) in [5.74, 6) is 0.984. The molecule has 3 aromatic rings. The number of aromatic nitrogens is 2. The van der Waals surface area contributed by atoms with E-state index in [-0.39, 0.29) is 0 Å². The maximum Gasteiger partial charge on any atom is 0.107 e. The Labute approximate surface area is 123 Å². The Kier molecular flexibility index (Phi) is 3.79. The van der Waals surface area contributed by atoms with Crippen LogP contribution in [0.3, 0.4) is 0 Å². The van der Waals surface area contributed by atoms with Gasteiger partial charge >= 0.3 is 0 Å². The minimum absolute atomic E-state index is 0.665. The van der Waals surface area contributed by atoms with E-state index in [1.54, 1.807) is 0 Å². The number of nitrogens with zero attached hydrogens (tertiary/aromatic N) is 2. The van der Waals surface area contributed by atoms with E-state index in [0.29, 0.717) is 5.56 Å². The maximum atomic E-state index is 8.81. The van der Waals surface area contributed by atoms with Crippen molar-refractivity contribution in [1.29, 1.82) is 5.26 Å². The standard InChI is InChI=1S/C18H15N3/c19-12-15-6-9-16(10-7-15)17-13-20-18(21-17)11-8-14-4-2-1-3-5-14/h1-7,9-10,13H,8,11H2,(H,20,21). The van der Waals surface area contributed by atoms with Gasteiger partial charge < -0.3 is 4.98 Å². The Balaban J connectivity index is 1.69. The molecule has 1 aromatic heterocycles. The molecule has 2 aromatic carbocycles. The summed E-state index contributed by atoms with van der Waals surface area (Å²) in [5.41, 5.74) is 3.92. The first-order chi connectivity index (χ1) is 10.3. The third-order valence-electron chi connectivity index (χ3n) is 3.43. The van der Waals surface area contributed by atoms with Gasteiger partial charge in [0, 0.05) is 18.2 Å². The van der Waals surface area contributed by atoms with E-state index in [0.717, 1.165) is 29.9 Å². The Morgan fingerprint density at radius 3 is 2.43 bits per heavy atom. The predicted octanol–water partition coefficient (Wildman–Crippen LogP) is 3.73. The lowest BCUT2D eigenvalue weighted by molar-refractivity contribution is 0.885. The number of rotatable bonds is 4. The zero-order chi connectivity index (χ0) is 14.5. The molecule has 0 saturated carbocycles. The molecule has 3 rings (SSSR count). The summed E-state index contributed by atoms with van der Waals surface area (Å²) < 4.78 is 0. The van der Waals surface area contributed by atoms with Crippen molar-refractivity contribution in [2.24, 2.45) is 0 Å². The number of aryl methyl sites for hydroxylation is 2. The van der Waals surface area contributed by atoms with Gasteiger partial charge in [0.25, 0.3) is 0 Å². The van der Waals surface area contributed by atoms with Crippen molar-refractivity contribution in [2.75, 3.05) is 0 Å². The molecule has 0 fully saturated rings. The van der Waals surface area contributed by atoms with Crippen molar-refractivity contribution in [2.45, 2.75) is 12.8 Å². The second-order valence-corrected chi connectivity index (χ2v) is 4.91. The van der Waals surface area contributed by atoms with Gasteiger partial charge in [0.2, 0.25) is 0 Å². The first-order valence-electron chi connectivity index (χ1n) is 6.94. The molecule has 0 bridgehead atoms. The number of benzene rings is 2. The lowest BCUT2D eigenvalue weighted by Crippen LogP contribution is -1.93. The SMILES string of the molecule is N#Cc1ccc(-c2c[nH]c(CCc3ccccc3)n2)cc1. The lowest BCUT2D eigenvalue weighted by atomic mass is 10.1. The summed E-state index contributed by atoms with van der Waals surface area (Å²) in [5, 5.41) is 8.81. The fourth-order valence-corrected chi connectivity index (χ4v) is 2.26. The average Bonchev–Trinajstić information content (AvgIpc) is 3.03. The second kappa shape index (κ2) is 6.06. The van der Waals surface area contributed by atoms with Crippen LogP contribution in [0.1, 0.15) is 17.0 Å². The minimum Gasteiger partial charge on any atom is -0.348 e. The van der Waals surface area contributed by atoms with Crippen molar-refractivity contribution in [1.82, 2.24) is 9.97 Å². The maximum absolute atomic E-state index is 8.81. The molecule has 0 radical (unpaired) electrons. The Morgan fingerprint density at radius 1 is 0.952 bits per heavy atom. The summed E-state index contributed by atoms with van der Waals surface area (Å²) >= 11 is 0. The van der Waals surface area contributed by atoms with Crippen LogP contribution in [0.5, 0.6) is 0 Å². The fourth-order valence-electron chi connectivity index (χ4n) is 2.26. The molecule has 3 nitrogen and oxygen atoms in total. The van der Waals surface area contributed by atoms with Gasteiger partial charge in [-0.15, -0.1) is 0 Å². The molecule has 21 heavy (non-hydrogen) atoms. The number of nitriles is 1. The molecular formula is C18H15N3. The lowest BCUT2D eigenvalue weighted by Gasteiger charge is -1.98. The molecule has 1 N–H and O–H groups in total. The van der Waals surface area contributed by atoms with Gasteiger partial charge in [-0.25, -0.2) is 4.98 Å². The quantitative estimate of drug-likeness (QED) is 0.787. The molecule has 0 aliphatic rings. The Bertz CT molecular complexity index is 749. The number of imidazole rings is 1. The molecule has 102 valence electrons. The van der Waals surface area contributed by atoms with E-state index in [1.807, 2.05) is 36.5 Å². The number of hydrogen-bond acceptors (Lipinski definition) is 2. The van der Waals surface area contributed by atoms with E-state index < -0.39 is 0 Å². The van der Waals surface area contributed by atoms with Crippen LogP contribution >= 0.6 is 0 Å². The summed E-state index contributed by atoms with van der Waals surface area (Å²) in [4.78, 5) is 7.84. The monoisotopic (exact) mass is 273 g/mol. The Hall–Kier alpha value is -2.86. The summed E-state index contributed by atoms with van der Waals surface area (Å²) in [6.45, 7) is 0. The molecule has 0 atom stereocenters. The average molecular weight is 273 g/mol. The van der Waals surface area contributed by atoms with Gasteiger partial charge in [0.1, 0.15) is 5.82 Å². The highest BCUT2D eigenvalue weighted by atomic mass is 14.9. The van der Waals surface area contributed by atoms with Gasteiger partial charge in [-0.3, -0.25) is 0 Å². The topological polar surface area (TPSA) is 52.5 Å². The van der Waals surface area contributed by atoms with Crippen molar-refractivity contribution < 1.29 is 0 Å². The zero-order valence-corrected chi connectivity index (χ0v) is 11.6. The highest BCUT2D eigenvalue weighted by Gasteiger charge is 2.04. The smallest absolute Gasteiger partial charge is 0.107 e. The van der Waals surface area contributed by atoms with E-state index in [2.05, 4.69) is 40.3 Å². The zero-order valence-electron chi connectivity index (χ0n) is 11.6. The number of H-pyrrole nitrogens is 1. The third-order valence-corrected chi connectivity index (χ3v) is 3.43. The molecule has 0 unspecified atom stereocenters. The molecule has 0 amide bonds. The molecule has 0 aliphatic heterocycles. The van der Waals surface area contributed by atoms with Crippen LogP contribution in [-0.2, 0) is 12.8 Å². The van der Waals surface area contributed by atoms with Crippen LogP contribution in [0, 0.1) is 11.3 Å². The van der Waals surface area contributed by atoms with E-state index >= 15 is 0 Å². The van der Waals surface area contributed by atoms with Gasteiger partial charge in [0.15, 0.2) is 0 Å². The van der Waals surface area contributed by atoms with Gasteiger partial charge in [-0.1, -0.05) is 42.5 Å². The van der Waals surface area contributed by atoms with Crippen molar-refractivity contribution in [3.05, 3.63) is 77.7 Å². The van der Waals surface area contributed by atoms with Crippen molar-refractivity contribution in [3.8, 4) is 17.3 Å². The molecule has 0 spiro atoms. The highest BCUT2D eigenvalue weighted by Crippen LogP contribution is 2.18. The minimum atomic E-state index is 0.665. The first-order valence-corrected chi connectivity index (χ1v) is 6.94. The first kappa shape index (κ1) is 13.1. The Morgan fingerprint density at radius 2 is 1.71 bits per heavy atom. The molecule has 0 aliphatic carbocycles. The fraction of sp³-hybridized carbons (Fsp3) is 0.111. The van der Waals surface area contributed by atoms with E-state index in [1.165, 1.54) is 5.56 Å². The van der Waals surface area contributed by atoms with Crippen LogP contribution in [0.15, 0.2) is 60.8 Å². The van der Waals surface area contributed by atoms with Crippen molar-refractivity contribution in [3.63, 3.8) is 0 Å². The van der Waals surface area contributed by atoms with Gasteiger partial charge in [-0.05, 0) is 24.1 Å². The van der Waals surface area contributed by atoms with E-state index in [4.69, 9.17) is 5.26 Å². The summed E-state index contributed by atoms with van der Waals surface area (Å²) in [6, 6.07) is 20.0. The molecular weight excluding hydrogens is 258 g/mol. The van der Waals surface area contributed by atoms with Crippen LogP contribution in [0.25, 0.3) is 11.3 Å². The van der Waals surface area contributed by atoms with Crippen LogP contribution in [0.2, 0.25) is 0 Å². The van der Waals surface area contributed by atoms with Crippen molar-refractivity contribution >= 4 is 0 Å². The highest BCUT2D eigenvalue weighted by molar-refractivity contribution is 5.59. The molecule has 3 heteroatoms. The van der Waals surface area contributed by atoms with Crippen LogP contribution in [0.4, 0.5) is 0 Å².